The number of amides is 1. The number of benzene rings is 1. The molecule has 3 heterocycles. The van der Waals surface area contributed by atoms with E-state index in [0.29, 0.717) is 23.7 Å². The van der Waals surface area contributed by atoms with Crippen LogP contribution in [0.15, 0.2) is 47.9 Å². The molecule has 2 aromatic heterocycles. The van der Waals surface area contributed by atoms with Gasteiger partial charge in [0.1, 0.15) is 5.52 Å². The van der Waals surface area contributed by atoms with E-state index in [1.165, 1.54) is 30.9 Å². The minimum atomic E-state index is -0.169. The fraction of sp³-hybridized carbons (Fsp3) is 0.500. The van der Waals surface area contributed by atoms with E-state index >= 15 is 0 Å². The molecule has 196 valence electrons. The Labute approximate surface area is 217 Å². The van der Waals surface area contributed by atoms with Crippen LogP contribution in [-0.2, 0) is 16.9 Å². The summed E-state index contributed by atoms with van der Waals surface area (Å²) in [6.07, 6.45) is 9.12. The molecule has 37 heavy (non-hydrogen) atoms. The van der Waals surface area contributed by atoms with Gasteiger partial charge in [0.25, 0.3) is 0 Å². The van der Waals surface area contributed by atoms with Crippen molar-refractivity contribution in [2.24, 2.45) is 0 Å². The van der Waals surface area contributed by atoms with Gasteiger partial charge in [0, 0.05) is 38.3 Å². The SMILES string of the molecule is C=CC(=O)N1CCN(C2(c3ccc([C@H](C)Nc4ncc5[nH]c(=O)n(CC)c5n4)cc3)CCCCC2)CC1. The Morgan fingerprint density at radius 2 is 1.86 bits per heavy atom. The zero-order valence-corrected chi connectivity index (χ0v) is 21.9. The first kappa shape index (κ1) is 25.2. The molecule has 9 nitrogen and oxygen atoms in total. The molecule has 1 aliphatic heterocycles. The molecule has 9 heteroatoms. The molecule has 2 N–H and O–H groups in total. The van der Waals surface area contributed by atoms with E-state index in [4.69, 9.17) is 0 Å². The van der Waals surface area contributed by atoms with Crippen molar-refractivity contribution in [1.82, 2.24) is 29.3 Å². The van der Waals surface area contributed by atoms with Crippen LogP contribution in [0.25, 0.3) is 11.2 Å². The van der Waals surface area contributed by atoms with Gasteiger partial charge in [0.05, 0.1) is 12.2 Å². The average molecular weight is 504 g/mol. The highest BCUT2D eigenvalue weighted by Crippen LogP contribution is 2.43. The van der Waals surface area contributed by atoms with Gasteiger partial charge in [-0.1, -0.05) is 50.1 Å². The molecule has 0 radical (unpaired) electrons. The highest BCUT2D eigenvalue weighted by atomic mass is 16.2. The van der Waals surface area contributed by atoms with Crippen LogP contribution < -0.4 is 11.0 Å². The van der Waals surface area contributed by atoms with Crippen molar-refractivity contribution in [2.75, 3.05) is 31.5 Å². The molecule has 0 bridgehead atoms. The molecule has 2 aliphatic rings. The minimum Gasteiger partial charge on any atom is -0.348 e. The number of aromatic amines is 1. The maximum Gasteiger partial charge on any atom is 0.327 e. The lowest BCUT2D eigenvalue weighted by atomic mass is 9.74. The van der Waals surface area contributed by atoms with Crippen molar-refractivity contribution in [3.05, 3.63) is 64.7 Å². The van der Waals surface area contributed by atoms with Crippen molar-refractivity contribution in [2.45, 2.75) is 64.1 Å². The molecule has 1 amide bonds. The lowest BCUT2D eigenvalue weighted by molar-refractivity contribution is -0.129. The third-order valence-corrected chi connectivity index (χ3v) is 8.17. The van der Waals surface area contributed by atoms with E-state index in [9.17, 15) is 9.59 Å². The van der Waals surface area contributed by atoms with E-state index in [2.05, 4.69) is 62.9 Å². The number of nitrogens with one attached hydrogen (secondary N) is 2. The Hall–Kier alpha value is -3.46. The second kappa shape index (κ2) is 10.5. The van der Waals surface area contributed by atoms with Crippen molar-refractivity contribution < 1.29 is 4.79 Å². The molecule has 3 aromatic rings. The molecule has 1 aliphatic carbocycles. The van der Waals surface area contributed by atoms with Crippen LogP contribution in [0.3, 0.4) is 0 Å². The fourth-order valence-corrected chi connectivity index (χ4v) is 6.08. The fourth-order valence-electron chi connectivity index (χ4n) is 6.08. The molecule has 2 fully saturated rings. The van der Waals surface area contributed by atoms with Crippen LogP contribution in [0.4, 0.5) is 5.95 Å². The number of aryl methyl sites for hydroxylation is 1. The summed E-state index contributed by atoms with van der Waals surface area (Å²) in [5.74, 6) is 0.529. The predicted molar refractivity (Wildman–Crippen MR) is 145 cm³/mol. The molecule has 1 saturated heterocycles. The van der Waals surface area contributed by atoms with Crippen LogP contribution in [0.2, 0.25) is 0 Å². The summed E-state index contributed by atoms with van der Waals surface area (Å²) in [4.78, 5) is 40.5. The van der Waals surface area contributed by atoms with Crippen molar-refractivity contribution in [3.8, 4) is 0 Å². The number of aromatic nitrogens is 4. The standard InChI is InChI=1S/C28H37N7O2/c1-4-24(36)33-15-17-34(18-16-33)28(13-7-6-8-14-28)22-11-9-21(10-12-22)20(3)30-26-29-19-23-25(32-26)35(5-2)27(37)31-23/h4,9-12,19-20H,1,5-8,13-18H2,2-3H3,(H,31,37)(H,29,30,32)/t20-/m0/s1. The number of carbonyl (C=O) groups excluding carboxylic acids is 1. The van der Waals surface area contributed by atoms with Gasteiger partial charge in [-0.15, -0.1) is 0 Å². The van der Waals surface area contributed by atoms with Gasteiger partial charge in [-0.2, -0.15) is 4.98 Å². The van der Waals surface area contributed by atoms with E-state index in [1.54, 1.807) is 10.8 Å². The normalized spacial score (nSPS) is 19.0. The molecule has 1 atom stereocenters. The van der Waals surface area contributed by atoms with Crippen LogP contribution in [-0.4, -0.2) is 61.4 Å². The monoisotopic (exact) mass is 503 g/mol. The number of hydrogen-bond donors (Lipinski definition) is 2. The summed E-state index contributed by atoms with van der Waals surface area (Å²) in [5.41, 5.74) is 3.63. The van der Waals surface area contributed by atoms with Gasteiger partial charge in [0.15, 0.2) is 5.65 Å². The van der Waals surface area contributed by atoms with Gasteiger partial charge in [-0.3, -0.25) is 14.3 Å². The maximum atomic E-state index is 12.1. The highest BCUT2D eigenvalue weighted by Gasteiger charge is 2.41. The van der Waals surface area contributed by atoms with Gasteiger partial charge >= 0.3 is 5.69 Å². The van der Waals surface area contributed by atoms with Gasteiger partial charge < -0.3 is 15.2 Å². The Kier molecular flexibility index (Phi) is 7.15. The molecule has 1 aromatic carbocycles. The number of hydrogen-bond acceptors (Lipinski definition) is 6. The Morgan fingerprint density at radius 1 is 1.16 bits per heavy atom. The summed E-state index contributed by atoms with van der Waals surface area (Å²) >= 11 is 0. The van der Waals surface area contributed by atoms with Crippen LogP contribution in [0.5, 0.6) is 0 Å². The number of imidazole rings is 1. The van der Waals surface area contributed by atoms with Crippen LogP contribution in [0.1, 0.15) is 63.1 Å². The largest absolute Gasteiger partial charge is 0.348 e. The second-order valence-electron chi connectivity index (χ2n) is 10.2. The number of fused-ring (bicyclic) bond motifs is 1. The summed E-state index contributed by atoms with van der Waals surface area (Å²) in [5, 5.41) is 3.40. The Balaban J connectivity index is 1.33. The number of nitrogens with zero attached hydrogens (tertiary/aromatic N) is 5. The first-order valence-corrected chi connectivity index (χ1v) is 13.4. The number of H-pyrrole nitrogens is 1. The summed E-state index contributed by atoms with van der Waals surface area (Å²) in [6, 6.07) is 8.98. The average Bonchev–Trinajstić information content (AvgIpc) is 3.27. The van der Waals surface area contributed by atoms with Crippen molar-refractivity contribution in [1.29, 1.82) is 0 Å². The number of carbonyl (C=O) groups is 1. The molecule has 0 unspecified atom stereocenters. The Bertz CT molecular complexity index is 1310. The quantitative estimate of drug-likeness (QED) is 0.476. The third kappa shape index (κ3) is 4.80. The van der Waals surface area contributed by atoms with Crippen molar-refractivity contribution >= 4 is 23.0 Å². The zero-order valence-electron chi connectivity index (χ0n) is 21.9. The number of rotatable bonds is 7. The van der Waals surface area contributed by atoms with Crippen LogP contribution in [0, 0.1) is 0 Å². The first-order chi connectivity index (χ1) is 17.9. The maximum absolute atomic E-state index is 12.1. The summed E-state index contributed by atoms with van der Waals surface area (Å²) in [6.45, 7) is 11.5. The molecular weight excluding hydrogens is 466 g/mol. The summed E-state index contributed by atoms with van der Waals surface area (Å²) in [7, 11) is 0. The van der Waals surface area contributed by atoms with Crippen molar-refractivity contribution in [3.63, 3.8) is 0 Å². The second-order valence-corrected chi connectivity index (χ2v) is 10.2. The highest BCUT2D eigenvalue weighted by molar-refractivity contribution is 5.87. The van der Waals surface area contributed by atoms with Gasteiger partial charge in [-0.25, -0.2) is 9.78 Å². The topological polar surface area (TPSA) is 99.2 Å². The third-order valence-electron chi connectivity index (χ3n) is 8.17. The van der Waals surface area contributed by atoms with E-state index in [-0.39, 0.29) is 23.2 Å². The molecule has 5 rings (SSSR count). The minimum absolute atomic E-state index is 0.00278. The first-order valence-electron chi connectivity index (χ1n) is 13.4. The lowest BCUT2D eigenvalue weighted by Crippen LogP contribution is -2.57. The van der Waals surface area contributed by atoms with Crippen LogP contribution >= 0.6 is 0 Å². The van der Waals surface area contributed by atoms with E-state index in [1.807, 2.05) is 11.8 Å². The molecule has 1 saturated carbocycles. The van der Waals surface area contributed by atoms with Gasteiger partial charge in [0.2, 0.25) is 11.9 Å². The number of piperazine rings is 1. The Morgan fingerprint density at radius 3 is 2.51 bits per heavy atom. The predicted octanol–water partition coefficient (Wildman–Crippen LogP) is 3.80. The smallest absolute Gasteiger partial charge is 0.327 e. The molecule has 0 spiro atoms. The zero-order chi connectivity index (χ0) is 26.0. The van der Waals surface area contributed by atoms with Gasteiger partial charge in [-0.05, 0) is 43.9 Å². The lowest BCUT2D eigenvalue weighted by Gasteiger charge is -2.50. The number of anilines is 1. The summed E-state index contributed by atoms with van der Waals surface area (Å²) < 4.78 is 1.61. The van der Waals surface area contributed by atoms with E-state index in [0.717, 1.165) is 44.6 Å². The molecular formula is C28H37N7O2. The van der Waals surface area contributed by atoms with E-state index < -0.39 is 0 Å².